The molecule has 0 aliphatic heterocycles. The third-order valence-corrected chi connectivity index (χ3v) is 2.66. The normalized spacial score (nSPS) is 11.6. The van der Waals surface area contributed by atoms with Crippen molar-refractivity contribution in [2.75, 3.05) is 0 Å². The van der Waals surface area contributed by atoms with Crippen molar-refractivity contribution in [3.63, 3.8) is 0 Å². The van der Waals surface area contributed by atoms with Crippen molar-refractivity contribution >= 4 is 29.1 Å². The Balaban J connectivity index is 2.83. The van der Waals surface area contributed by atoms with Gasteiger partial charge in [0.05, 0.1) is 16.6 Å². The molecule has 3 nitrogen and oxygen atoms in total. The summed E-state index contributed by atoms with van der Waals surface area (Å²) in [6, 6.07) is 1.12. The Morgan fingerprint density at radius 1 is 1.65 bits per heavy atom. The number of halogens is 2. The lowest BCUT2D eigenvalue weighted by molar-refractivity contribution is 0.0944. The van der Waals surface area contributed by atoms with Crippen molar-refractivity contribution in [2.24, 2.45) is 0 Å². The highest BCUT2D eigenvalue weighted by atomic mass is 35.5. The Morgan fingerprint density at radius 2 is 2.35 bits per heavy atom. The molecule has 1 amide bonds. The molecule has 0 fully saturated rings. The number of hydrogen-bond acceptors (Lipinski definition) is 2. The largest absolute Gasteiger partial charge is 0.338 e. The van der Waals surface area contributed by atoms with E-state index in [0.29, 0.717) is 0 Å². The lowest BCUT2D eigenvalue weighted by Crippen LogP contribution is -2.33. The van der Waals surface area contributed by atoms with Crippen LogP contribution in [0.25, 0.3) is 0 Å². The molecule has 0 aliphatic rings. The minimum atomic E-state index is -0.337. The molecular weight excluding hydrogens is 259 g/mol. The summed E-state index contributed by atoms with van der Waals surface area (Å²) in [6.07, 6.45) is 8.26. The molecule has 5 heteroatoms. The Labute approximate surface area is 111 Å². The van der Waals surface area contributed by atoms with Crippen molar-refractivity contribution in [2.45, 2.75) is 25.8 Å². The molecular formula is C12H12Cl2N2O. The first-order chi connectivity index (χ1) is 8.08. The third-order valence-electron chi connectivity index (χ3n) is 2.15. The van der Waals surface area contributed by atoms with Crippen molar-refractivity contribution in [3.8, 4) is 12.3 Å². The number of carbonyl (C=O) groups is 1. The molecule has 90 valence electrons. The minimum absolute atomic E-state index is 0.215. The summed E-state index contributed by atoms with van der Waals surface area (Å²) in [6.45, 7) is 1.99. The summed E-state index contributed by atoms with van der Waals surface area (Å²) in [5.74, 6) is 2.18. The van der Waals surface area contributed by atoms with Crippen LogP contribution in [-0.2, 0) is 0 Å². The number of carbonyl (C=O) groups excluding carboxylic acids is 1. The van der Waals surface area contributed by atoms with E-state index in [2.05, 4.69) is 16.2 Å². The smallest absolute Gasteiger partial charge is 0.253 e. The van der Waals surface area contributed by atoms with Crippen LogP contribution in [0.4, 0.5) is 0 Å². The van der Waals surface area contributed by atoms with Crippen molar-refractivity contribution in [1.29, 1.82) is 0 Å². The number of nitrogens with zero attached hydrogens (tertiary/aromatic N) is 1. The van der Waals surface area contributed by atoms with Gasteiger partial charge in [0.25, 0.3) is 5.91 Å². The van der Waals surface area contributed by atoms with Crippen LogP contribution in [0.5, 0.6) is 0 Å². The Kier molecular flexibility index (Phi) is 5.27. The fraction of sp³-hybridized carbons (Fsp3) is 0.333. The highest BCUT2D eigenvalue weighted by molar-refractivity contribution is 6.35. The Hall–Kier alpha value is -1.24. The van der Waals surface area contributed by atoms with Gasteiger partial charge < -0.3 is 5.32 Å². The molecule has 1 aromatic rings. The van der Waals surface area contributed by atoms with E-state index in [1.807, 2.05) is 6.92 Å². The van der Waals surface area contributed by atoms with Gasteiger partial charge in [-0.05, 0) is 12.5 Å². The van der Waals surface area contributed by atoms with Gasteiger partial charge in [-0.15, -0.1) is 6.42 Å². The standard InChI is InChI=1S/C12H12Cl2N2O/c1-3-5-8(4-2)16-12(17)9-6-11(14)15-7-10(9)13/h2,6-8H,3,5H2,1H3,(H,16,17). The van der Waals surface area contributed by atoms with Gasteiger partial charge in [-0.1, -0.05) is 42.5 Å². The number of aromatic nitrogens is 1. The van der Waals surface area contributed by atoms with Crippen molar-refractivity contribution < 1.29 is 4.79 Å². The number of nitrogens with one attached hydrogen (secondary N) is 1. The molecule has 0 bridgehead atoms. The molecule has 1 aromatic heterocycles. The maximum absolute atomic E-state index is 11.9. The molecule has 0 spiro atoms. The van der Waals surface area contributed by atoms with E-state index in [1.165, 1.54) is 12.3 Å². The fourth-order valence-electron chi connectivity index (χ4n) is 1.31. The van der Waals surface area contributed by atoms with Gasteiger partial charge in [0.2, 0.25) is 0 Å². The molecule has 1 atom stereocenters. The van der Waals surface area contributed by atoms with Gasteiger partial charge in [0, 0.05) is 6.20 Å². The van der Waals surface area contributed by atoms with Crippen LogP contribution in [0.3, 0.4) is 0 Å². The van der Waals surface area contributed by atoms with E-state index in [-0.39, 0.29) is 27.7 Å². The first-order valence-corrected chi connectivity index (χ1v) is 5.92. The summed E-state index contributed by atoms with van der Waals surface area (Å²) < 4.78 is 0. The summed E-state index contributed by atoms with van der Waals surface area (Å²) in [4.78, 5) is 15.7. The molecule has 0 aliphatic carbocycles. The molecule has 1 unspecified atom stereocenters. The maximum Gasteiger partial charge on any atom is 0.253 e. The second-order valence-corrected chi connectivity index (χ2v) is 4.26. The van der Waals surface area contributed by atoms with Gasteiger partial charge in [0.1, 0.15) is 5.15 Å². The highest BCUT2D eigenvalue weighted by Gasteiger charge is 2.14. The zero-order valence-corrected chi connectivity index (χ0v) is 10.8. The molecule has 1 heterocycles. The topological polar surface area (TPSA) is 42.0 Å². The van der Waals surface area contributed by atoms with Crippen LogP contribution in [0.1, 0.15) is 30.1 Å². The van der Waals surface area contributed by atoms with E-state index in [1.54, 1.807) is 0 Å². The van der Waals surface area contributed by atoms with Gasteiger partial charge in [-0.3, -0.25) is 4.79 Å². The van der Waals surface area contributed by atoms with Crippen molar-refractivity contribution in [1.82, 2.24) is 10.3 Å². The SMILES string of the molecule is C#CC(CCC)NC(=O)c1cc(Cl)ncc1Cl. The maximum atomic E-state index is 11.9. The average Bonchev–Trinajstić information content (AvgIpc) is 2.31. The van der Waals surface area contributed by atoms with Crippen LogP contribution >= 0.6 is 23.2 Å². The molecule has 1 N–H and O–H groups in total. The molecule has 0 aromatic carbocycles. The lowest BCUT2D eigenvalue weighted by atomic mass is 10.1. The van der Waals surface area contributed by atoms with Gasteiger partial charge in [0.15, 0.2) is 0 Å². The zero-order valence-electron chi connectivity index (χ0n) is 9.34. The summed E-state index contributed by atoms with van der Waals surface area (Å²) in [7, 11) is 0. The minimum Gasteiger partial charge on any atom is -0.338 e. The van der Waals surface area contributed by atoms with Gasteiger partial charge >= 0.3 is 0 Å². The van der Waals surface area contributed by atoms with Crippen LogP contribution in [0.15, 0.2) is 12.3 Å². The zero-order chi connectivity index (χ0) is 12.8. The van der Waals surface area contributed by atoms with Crippen LogP contribution in [0.2, 0.25) is 10.2 Å². The first-order valence-electron chi connectivity index (χ1n) is 5.16. The average molecular weight is 271 g/mol. The van der Waals surface area contributed by atoms with Gasteiger partial charge in [-0.2, -0.15) is 0 Å². The lowest BCUT2D eigenvalue weighted by Gasteiger charge is -2.12. The quantitative estimate of drug-likeness (QED) is 0.675. The molecule has 0 radical (unpaired) electrons. The molecule has 17 heavy (non-hydrogen) atoms. The van der Waals surface area contributed by atoms with Crippen LogP contribution in [0, 0.1) is 12.3 Å². The second-order valence-electron chi connectivity index (χ2n) is 3.47. The number of pyridine rings is 1. The van der Waals surface area contributed by atoms with Crippen molar-refractivity contribution in [3.05, 3.63) is 28.0 Å². The number of amides is 1. The van der Waals surface area contributed by atoms with Crippen LogP contribution < -0.4 is 5.32 Å². The first kappa shape index (κ1) is 13.8. The number of terminal acetylenes is 1. The summed E-state index contributed by atoms with van der Waals surface area (Å²) in [5.41, 5.74) is 0.281. The van der Waals surface area contributed by atoms with E-state index < -0.39 is 0 Å². The van der Waals surface area contributed by atoms with E-state index in [0.717, 1.165) is 12.8 Å². The van der Waals surface area contributed by atoms with Gasteiger partial charge in [-0.25, -0.2) is 4.98 Å². The summed E-state index contributed by atoms with van der Waals surface area (Å²) >= 11 is 11.6. The third kappa shape index (κ3) is 3.92. The monoisotopic (exact) mass is 270 g/mol. The van der Waals surface area contributed by atoms with Crippen LogP contribution in [-0.4, -0.2) is 16.9 Å². The fourth-order valence-corrected chi connectivity index (χ4v) is 1.66. The van der Waals surface area contributed by atoms with E-state index >= 15 is 0 Å². The Morgan fingerprint density at radius 3 is 2.94 bits per heavy atom. The highest BCUT2D eigenvalue weighted by Crippen LogP contribution is 2.18. The Bertz CT molecular complexity index is 454. The van der Waals surface area contributed by atoms with E-state index in [9.17, 15) is 4.79 Å². The molecule has 0 saturated heterocycles. The number of rotatable bonds is 4. The van der Waals surface area contributed by atoms with E-state index in [4.69, 9.17) is 29.6 Å². The molecule has 0 saturated carbocycles. The second kappa shape index (κ2) is 6.48. The predicted octanol–water partition coefficient (Wildman–Crippen LogP) is 2.92. The number of hydrogen-bond donors (Lipinski definition) is 1. The molecule has 1 rings (SSSR count). The predicted molar refractivity (Wildman–Crippen MR) is 69.3 cm³/mol. The summed E-state index contributed by atoms with van der Waals surface area (Å²) in [5, 5.41) is 3.17.